The Morgan fingerprint density at radius 3 is 2.63 bits per heavy atom. The van der Waals surface area contributed by atoms with Gasteiger partial charge in [-0.05, 0) is 32.9 Å². The van der Waals surface area contributed by atoms with Crippen LogP contribution in [0.3, 0.4) is 0 Å². The highest BCUT2D eigenvalue weighted by atomic mass is 15.1. The van der Waals surface area contributed by atoms with Crippen LogP contribution in [-0.2, 0) is 12.0 Å². The van der Waals surface area contributed by atoms with Crippen LogP contribution in [0.25, 0.3) is 0 Å². The van der Waals surface area contributed by atoms with E-state index in [2.05, 4.69) is 55.3 Å². The average Bonchev–Trinajstić information content (AvgIpc) is 3.00. The summed E-state index contributed by atoms with van der Waals surface area (Å²) < 4.78 is 0. The van der Waals surface area contributed by atoms with Crippen LogP contribution in [0.2, 0.25) is 0 Å². The molecular weight excluding hydrogens is 236 g/mol. The zero-order valence-electron chi connectivity index (χ0n) is 13.0. The Bertz CT molecular complexity index is 397. The first kappa shape index (κ1) is 14.5. The van der Waals surface area contributed by atoms with E-state index in [-0.39, 0.29) is 5.41 Å². The number of hydrogen-bond acceptors (Lipinski definition) is 3. The van der Waals surface area contributed by atoms with Crippen LogP contribution in [-0.4, -0.2) is 41.8 Å². The van der Waals surface area contributed by atoms with E-state index >= 15 is 0 Å². The van der Waals surface area contributed by atoms with E-state index < -0.39 is 0 Å². The summed E-state index contributed by atoms with van der Waals surface area (Å²) in [6.07, 6.45) is 4.74. The second-order valence-corrected chi connectivity index (χ2v) is 7.02. The molecule has 0 bridgehead atoms. The van der Waals surface area contributed by atoms with Crippen LogP contribution in [0.1, 0.15) is 44.9 Å². The normalized spacial score (nSPS) is 18.0. The van der Waals surface area contributed by atoms with Crippen molar-refractivity contribution in [3.63, 3.8) is 0 Å². The van der Waals surface area contributed by atoms with Crippen molar-refractivity contribution in [1.29, 1.82) is 0 Å². The summed E-state index contributed by atoms with van der Waals surface area (Å²) in [5.41, 5.74) is 2.67. The number of rotatable bonds is 6. The van der Waals surface area contributed by atoms with Crippen molar-refractivity contribution < 1.29 is 0 Å². The van der Waals surface area contributed by atoms with Gasteiger partial charge >= 0.3 is 0 Å². The van der Waals surface area contributed by atoms with Gasteiger partial charge in [0.2, 0.25) is 0 Å². The van der Waals surface area contributed by atoms with Crippen LogP contribution >= 0.6 is 0 Å². The lowest BCUT2D eigenvalue weighted by Crippen LogP contribution is -2.39. The molecule has 1 aromatic heterocycles. The smallest absolute Gasteiger partial charge is 0.0535 e. The van der Waals surface area contributed by atoms with Gasteiger partial charge < -0.3 is 10.2 Å². The van der Waals surface area contributed by atoms with Crippen LogP contribution in [0, 0.1) is 5.92 Å². The molecule has 0 aliphatic heterocycles. The molecule has 1 aliphatic rings. The number of aromatic nitrogens is 2. The summed E-state index contributed by atoms with van der Waals surface area (Å²) in [6.45, 7) is 8.62. The Morgan fingerprint density at radius 1 is 1.42 bits per heavy atom. The number of aromatic amines is 1. The van der Waals surface area contributed by atoms with E-state index in [1.807, 2.05) is 6.20 Å². The summed E-state index contributed by atoms with van der Waals surface area (Å²) in [6, 6.07) is 0.671. The highest BCUT2D eigenvalue weighted by molar-refractivity contribution is 5.23. The van der Waals surface area contributed by atoms with E-state index in [9.17, 15) is 0 Å². The first-order valence-electron chi connectivity index (χ1n) is 7.29. The molecule has 0 aromatic carbocycles. The maximum Gasteiger partial charge on any atom is 0.0535 e. The average molecular weight is 264 g/mol. The SMILES string of the molecule is CN(C)[C@@H](CNCc1cn[nH]c1C(C)(C)C)C1CC1. The molecule has 1 aromatic rings. The predicted octanol–water partition coefficient (Wildman–Crippen LogP) is 2.14. The summed E-state index contributed by atoms with van der Waals surface area (Å²) in [4.78, 5) is 2.35. The molecule has 1 atom stereocenters. The molecule has 4 heteroatoms. The lowest BCUT2D eigenvalue weighted by Gasteiger charge is -2.25. The Hall–Kier alpha value is -0.870. The van der Waals surface area contributed by atoms with Crippen LogP contribution in [0.15, 0.2) is 6.20 Å². The fourth-order valence-electron chi connectivity index (χ4n) is 2.70. The van der Waals surface area contributed by atoms with Crippen molar-refractivity contribution in [3.05, 3.63) is 17.5 Å². The van der Waals surface area contributed by atoms with Gasteiger partial charge in [0.15, 0.2) is 0 Å². The van der Waals surface area contributed by atoms with Gasteiger partial charge in [0.05, 0.1) is 6.20 Å². The minimum Gasteiger partial charge on any atom is -0.311 e. The summed E-state index contributed by atoms with van der Waals surface area (Å²) in [5, 5.41) is 10.9. The van der Waals surface area contributed by atoms with Gasteiger partial charge in [-0.1, -0.05) is 20.8 Å². The summed E-state index contributed by atoms with van der Waals surface area (Å²) in [7, 11) is 4.37. The maximum absolute atomic E-state index is 4.19. The molecule has 4 nitrogen and oxygen atoms in total. The Balaban J connectivity index is 1.87. The lowest BCUT2D eigenvalue weighted by atomic mass is 9.89. The van der Waals surface area contributed by atoms with E-state index in [0.29, 0.717) is 6.04 Å². The maximum atomic E-state index is 4.19. The van der Waals surface area contributed by atoms with Crippen LogP contribution < -0.4 is 5.32 Å². The van der Waals surface area contributed by atoms with Crippen LogP contribution in [0.5, 0.6) is 0 Å². The zero-order chi connectivity index (χ0) is 14.0. The minimum atomic E-state index is 0.130. The first-order valence-corrected chi connectivity index (χ1v) is 7.29. The predicted molar refractivity (Wildman–Crippen MR) is 79.2 cm³/mol. The van der Waals surface area contributed by atoms with Gasteiger partial charge in [-0.25, -0.2) is 0 Å². The molecule has 2 rings (SSSR count). The number of nitrogens with one attached hydrogen (secondary N) is 2. The second kappa shape index (κ2) is 5.63. The summed E-state index contributed by atoms with van der Waals surface area (Å²) in [5.74, 6) is 0.897. The molecule has 0 unspecified atom stereocenters. The fourth-order valence-corrected chi connectivity index (χ4v) is 2.70. The van der Waals surface area contributed by atoms with Crippen molar-refractivity contribution in [1.82, 2.24) is 20.4 Å². The van der Waals surface area contributed by atoms with E-state index in [1.54, 1.807) is 0 Å². The third-order valence-electron chi connectivity index (χ3n) is 3.97. The van der Waals surface area contributed by atoms with Crippen LogP contribution in [0.4, 0.5) is 0 Å². The lowest BCUT2D eigenvalue weighted by molar-refractivity contribution is 0.255. The molecular formula is C15H28N4. The quantitative estimate of drug-likeness (QED) is 0.827. The Labute approximate surface area is 117 Å². The summed E-state index contributed by atoms with van der Waals surface area (Å²) >= 11 is 0. The zero-order valence-corrected chi connectivity index (χ0v) is 13.0. The molecule has 1 heterocycles. The van der Waals surface area contributed by atoms with E-state index in [1.165, 1.54) is 24.1 Å². The fraction of sp³-hybridized carbons (Fsp3) is 0.800. The molecule has 0 radical (unpaired) electrons. The first-order chi connectivity index (χ1) is 8.89. The van der Waals surface area contributed by atoms with Gasteiger partial charge in [-0.15, -0.1) is 0 Å². The van der Waals surface area contributed by atoms with Gasteiger partial charge in [0, 0.05) is 35.8 Å². The second-order valence-electron chi connectivity index (χ2n) is 7.02. The molecule has 2 N–H and O–H groups in total. The number of nitrogens with zero attached hydrogens (tertiary/aromatic N) is 2. The molecule has 108 valence electrons. The molecule has 0 amide bonds. The Kier molecular flexibility index (Phi) is 4.31. The van der Waals surface area contributed by atoms with Crippen molar-refractivity contribution in [2.24, 2.45) is 5.92 Å². The van der Waals surface area contributed by atoms with Crippen molar-refractivity contribution in [2.45, 2.75) is 51.6 Å². The van der Waals surface area contributed by atoms with Gasteiger partial charge in [-0.3, -0.25) is 5.10 Å². The monoisotopic (exact) mass is 264 g/mol. The minimum absolute atomic E-state index is 0.130. The molecule has 1 fully saturated rings. The van der Waals surface area contributed by atoms with Crippen molar-refractivity contribution >= 4 is 0 Å². The standard InChI is InChI=1S/C15H28N4/c1-15(2,3)14-12(9-17-18-14)8-16-10-13(19(4)5)11-6-7-11/h9,11,13,16H,6-8,10H2,1-5H3,(H,17,18)/t13-/m0/s1. The molecule has 0 saturated heterocycles. The number of hydrogen-bond donors (Lipinski definition) is 2. The third-order valence-corrected chi connectivity index (χ3v) is 3.97. The largest absolute Gasteiger partial charge is 0.311 e. The molecule has 0 spiro atoms. The number of H-pyrrole nitrogens is 1. The van der Waals surface area contributed by atoms with Crippen molar-refractivity contribution in [2.75, 3.05) is 20.6 Å². The Morgan fingerprint density at radius 2 is 2.11 bits per heavy atom. The number of likely N-dealkylation sites (N-methyl/N-ethyl adjacent to an activating group) is 1. The third kappa shape index (κ3) is 3.80. The van der Waals surface area contributed by atoms with Gasteiger partial charge in [0.1, 0.15) is 0 Å². The van der Waals surface area contributed by atoms with E-state index in [4.69, 9.17) is 0 Å². The van der Waals surface area contributed by atoms with E-state index in [0.717, 1.165) is 19.0 Å². The topological polar surface area (TPSA) is 44.0 Å². The highest BCUT2D eigenvalue weighted by Crippen LogP contribution is 2.34. The van der Waals surface area contributed by atoms with Gasteiger partial charge in [-0.2, -0.15) is 5.10 Å². The molecule has 1 aliphatic carbocycles. The molecule has 19 heavy (non-hydrogen) atoms. The highest BCUT2D eigenvalue weighted by Gasteiger charge is 2.32. The van der Waals surface area contributed by atoms with Crippen molar-refractivity contribution in [3.8, 4) is 0 Å². The molecule has 1 saturated carbocycles. The van der Waals surface area contributed by atoms with Gasteiger partial charge in [0.25, 0.3) is 0 Å².